The van der Waals surface area contributed by atoms with Crippen molar-refractivity contribution in [3.63, 3.8) is 0 Å². The molecule has 0 aromatic heterocycles. The van der Waals surface area contributed by atoms with Crippen LogP contribution in [-0.4, -0.2) is 22.9 Å². The molecule has 0 unspecified atom stereocenters. The van der Waals surface area contributed by atoms with Gasteiger partial charge in [-0.05, 0) is 6.42 Å². The molecule has 46 valence electrons. The minimum Gasteiger partial charge on any atom is -0.394 e. The molecule has 0 saturated carbocycles. The van der Waals surface area contributed by atoms with Gasteiger partial charge < -0.3 is 10.2 Å². The molecule has 7 heavy (non-hydrogen) atoms. The summed E-state index contributed by atoms with van der Waals surface area (Å²) in [6, 6.07) is 0. The van der Waals surface area contributed by atoms with E-state index in [-0.39, 0.29) is 20.1 Å². The molecular formula is C4H12O2S. The molecule has 2 N–H and O–H groups in total. The Labute approximate surface area is 50.6 Å². The van der Waals surface area contributed by atoms with Crippen molar-refractivity contribution in [1.29, 1.82) is 0 Å². The molecule has 0 aliphatic rings. The van der Waals surface area contributed by atoms with Gasteiger partial charge in [0.15, 0.2) is 0 Å². The minimum atomic E-state index is -0.509. The number of aliphatic hydroxyl groups is 2. The maximum atomic E-state index is 8.42. The fourth-order valence-electron chi connectivity index (χ4n) is 0.129. The van der Waals surface area contributed by atoms with Crippen LogP contribution in [0, 0.1) is 0 Å². The lowest BCUT2D eigenvalue weighted by Gasteiger charge is -1.97. The summed E-state index contributed by atoms with van der Waals surface area (Å²) in [6.45, 7) is 1.71. The van der Waals surface area contributed by atoms with Crippen LogP contribution in [0.3, 0.4) is 0 Å². The van der Waals surface area contributed by atoms with Gasteiger partial charge in [-0.3, -0.25) is 0 Å². The standard InChI is InChI=1S/C4H10O2.H2S/c1-2-4(6)3-5;/h4-6H,2-3H2,1H3;1H2/t4-;/m1./s1. The highest BCUT2D eigenvalue weighted by Crippen LogP contribution is 1.83. The van der Waals surface area contributed by atoms with Crippen LogP contribution in [0.2, 0.25) is 0 Å². The lowest BCUT2D eigenvalue weighted by Crippen LogP contribution is -2.08. The van der Waals surface area contributed by atoms with Crippen LogP contribution < -0.4 is 0 Å². The number of rotatable bonds is 2. The SMILES string of the molecule is CC[C@@H](O)CO.S. The molecule has 0 spiro atoms. The fraction of sp³-hybridized carbons (Fsp3) is 1.00. The van der Waals surface area contributed by atoms with Crippen LogP contribution in [0.15, 0.2) is 0 Å². The Bertz CT molecular complexity index is 28.9. The monoisotopic (exact) mass is 124 g/mol. The van der Waals surface area contributed by atoms with Crippen molar-refractivity contribution in [1.82, 2.24) is 0 Å². The normalized spacial score (nSPS) is 12.4. The molecule has 0 aromatic rings. The average Bonchev–Trinajstić information content (AvgIpc) is 1.65. The van der Waals surface area contributed by atoms with Gasteiger partial charge in [-0.15, -0.1) is 0 Å². The van der Waals surface area contributed by atoms with E-state index in [1.807, 2.05) is 6.92 Å². The van der Waals surface area contributed by atoms with Gasteiger partial charge in [-0.2, -0.15) is 13.5 Å². The predicted molar refractivity (Wildman–Crippen MR) is 33.8 cm³/mol. The molecular weight excluding hydrogens is 112 g/mol. The van der Waals surface area contributed by atoms with Crippen molar-refractivity contribution in [3.05, 3.63) is 0 Å². The summed E-state index contributed by atoms with van der Waals surface area (Å²) in [5, 5.41) is 16.5. The second-order valence-electron chi connectivity index (χ2n) is 1.24. The lowest BCUT2D eigenvalue weighted by molar-refractivity contribution is 0.0923. The third kappa shape index (κ3) is 6.27. The van der Waals surface area contributed by atoms with Crippen LogP contribution in [0.25, 0.3) is 0 Å². The van der Waals surface area contributed by atoms with Crippen molar-refractivity contribution < 1.29 is 10.2 Å². The van der Waals surface area contributed by atoms with E-state index in [4.69, 9.17) is 10.2 Å². The van der Waals surface area contributed by atoms with Crippen molar-refractivity contribution in [3.8, 4) is 0 Å². The van der Waals surface area contributed by atoms with Gasteiger partial charge in [0.25, 0.3) is 0 Å². The Hall–Kier alpha value is 0.270. The molecule has 0 amide bonds. The zero-order chi connectivity index (χ0) is 4.99. The zero-order valence-electron chi connectivity index (χ0n) is 4.39. The van der Waals surface area contributed by atoms with E-state index in [1.54, 1.807) is 0 Å². The van der Waals surface area contributed by atoms with E-state index in [9.17, 15) is 0 Å². The van der Waals surface area contributed by atoms with Crippen LogP contribution >= 0.6 is 13.5 Å². The van der Waals surface area contributed by atoms with E-state index in [0.717, 1.165) is 0 Å². The van der Waals surface area contributed by atoms with Crippen LogP contribution in [0.5, 0.6) is 0 Å². The molecule has 0 aromatic carbocycles. The molecule has 0 rings (SSSR count). The first-order valence-electron chi connectivity index (χ1n) is 2.10. The van der Waals surface area contributed by atoms with E-state index >= 15 is 0 Å². The molecule has 3 heteroatoms. The second kappa shape index (κ2) is 6.27. The summed E-state index contributed by atoms with van der Waals surface area (Å²) in [4.78, 5) is 0. The Morgan fingerprint density at radius 2 is 2.00 bits per heavy atom. The third-order valence-corrected chi connectivity index (χ3v) is 0.682. The van der Waals surface area contributed by atoms with E-state index in [0.29, 0.717) is 6.42 Å². The highest BCUT2D eigenvalue weighted by atomic mass is 32.1. The largest absolute Gasteiger partial charge is 0.394 e. The summed E-state index contributed by atoms with van der Waals surface area (Å²) in [5.74, 6) is 0. The van der Waals surface area contributed by atoms with Crippen molar-refractivity contribution in [2.45, 2.75) is 19.4 Å². The Morgan fingerprint density at radius 3 is 2.00 bits per heavy atom. The summed E-state index contributed by atoms with van der Waals surface area (Å²) in [6.07, 6.45) is 0.126. The smallest absolute Gasteiger partial charge is 0.0768 e. The molecule has 0 fully saturated rings. The number of hydrogen-bond donors (Lipinski definition) is 2. The van der Waals surface area contributed by atoms with E-state index < -0.39 is 6.10 Å². The molecule has 0 radical (unpaired) electrons. The molecule has 0 saturated heterocycles. The first-order chi connectivity index (χ1) is 2.81. The third-order valence-electron chi connectivity index (χ3n) is 0.682. The second-order valence-corrected chi connectivity index (χ2v) is 1.24. The van der Waals surface area contributed by atoms with Gasteiger partial charge in [-0.1, -0.05) is 6.92 Å². The lowest BCUT2D eigenvalue weighted by atomic mass is 10.3. The number of hydrogen-bond acceptors (Lipinski definition) is 2. The van der Waals surface area contributed by atoms with Gasteiger partial charge in [-0.25, -0.2) is 0 Å². The Balaban J connectivity index is 0. The van der Waals surface area contributed by atoms with Gasteiger partial charge in [0.05, 0.1) is 12.7 Å². The quantitative estimate of drug-likeness (QED) is 0.538. The molecule has 1 atom stereocenters. The Morgan fingerprint density at radius 1 is 1.57 bits per heavy atom. The first-order valence-corrected chi connectivity index (χ1v) is 2.10. The van der Waals surface area contributed by atoms with Crippen molar-refractivity contribution in [2.24, 2.45) is 0 Å². The number of aliphatic hydroxyl groups excluding tert-OH is 2. The van der Waals surface area contributed by atoms with Crippen molar-refractivity contribution in [2.75, 3.05) is 6.61 Å². The van der Waals surface area contributed by atoms with Crippen molar-refractivity contribution >= 4 is 13.5 Å². The van der Waals surface area contributed by atoms with Gasteiger partial charge in [0, 0.05) is 0 Å². The fourth-order valence-corrected chi connectivity index (χ4v) is 0.129. The zero-order valence-corrected chi connectivity index (χ0v) is 5.39. The topological polar surface area (TPSA) is 40.5 Å². The average molecular weight is 124 g/mol. The summed E-state index contributed by atoms with van der Waals surface area (Å²) in [5.41, 5.74) is 0. The molecule has 0 heterocycles. The molecule has 2 nitrogen and oxygen atoms in total. The van der Waals surface area contributed by atoms with Gasteiger partial charge in [0.1, 0.15) is 0 Å². The first kappa shape index (κ1) is 10.3. The van der Waals surface area contributed by atoms with Gasteiger partial charge >= 0.3 is 0 Å². The summed E-state index contributed by atoms with van der Waals surface area (Å²) in [7, 11) is 0. The molecule has 0 aliphatic carbocycles. The summed E-state index contributed by atoms with van der Waals surface area (Å²) < 4.78 is 0. The van der Waals surface area contributed by atoms with E-state index in [2.05, 4.69) is 0 Å². The Kier molecular flexibility index (Phi) is 9.22. The molecule has 0 aliphatic heterocycles. The minimum absolute atomic E-state index is 0. The highest BCUT2D eigenvalue weighted by Gasteiger charge is 1.92. The molecule has 0 bridgehead atoms. The summed E-state index contributed by atoms with van der Waals surface area (Å²) >= 11 is 0. The maximum absolute atomic E-state index is 8.42. The van der Waals surface area contributed by atoms with E-state index in [1.165, 1.54) is 0 Å². The van der Waals surface area contributed by atoms with Crippen LogP contribution in [0.4, 0.5) is 0 Å². The maximum Gasteiger partial charge on any atom is 0.0768 e. The highest BCUT2D eigenvalue weighted by molar-refractivity contribution is 7.59. The van der Waals surface area contributed by atoms with Crippen LogP contribution in [0.1, 0.15) is 13.3 Å². The van der Waals surface area contributed by atoms with Gasteiger partial charge in [0.2, 0.25) is 0 Å². The van der Waals surface area contributed by atoms with Crippen LogP contribution in [-0.2, 0) is 0 Å². The predicted octanol–water partition coefficient (Wildman–Crippen LogP) is -0.138.